The standard InChI is InChI=1S/C25H22ClN5O3/c1-17(18-7-3-2-4-8-18)30-24(33)22(23(32)28-16-14-20-9-5-6-15-27-20)29-31(25(30)34)21-12-10-19(26)11-13-21/h2-13,15,17H,14,16H2,1H3,(H,28,32). The number of carbonyl (C=O) groups excluding carboxylic acids is 1. The van der Waals surface area contributed by atoms with E-state index in [0.29, 0.717) is 17.1 Å². The molecule has 0 spiro atoms. The second kappa shape index (κ2) is 10.3. The zero-order valence-electron chi connectivity index (χ0n) is 18.4. The van der Waals surface area contributed by atoms with E-state index >= 15 is 0 Å². The van der Waals surface area contributed by atoms with E-state index in [4.69, 9.17) is 11.6 Å². The summed E-state index contributed by atoms with van der Waals surface area (Å²) in [5.41, 5.74) is 0.133. The lowest BCUT2D eigenvalue weighted by atomic mass is 10.1. The average Bonchev–Trinajstić information content (AvgIpc) is 2.86. The maximum absolute atomic E-state index is 13.4. The van der Waals surface area contributed by atoms with Crippen LogP contribution >= 0.6 is 11.6 Å². The first-order valence-corrected chi connectivity index (χ1v) is 11.1. The third-order valence-corrected chi connectivity index (χ3v) is 5.61. The highest BCUT2D eigenvalue weighted by Gasteiger charge is 2.23. The zero-order valence-corrected chi connectivity index (χ0v) is 19.1. The Labute approximate surface area is 200 Å². The van der Waals surface area contributed by atoms with E-state index in [1.54, 1.807) is 37.4 Å². The number of hydrogen-bond donors (Lipinski definition) is 1. The number of rotatable bonds is 7. The number of nitrogens with one attached hydrogen (secondary N) is 1. The van der Waals surface area contributed by atoms with Crippen LogP contribution in [0.15, 0.2) is 88.6 Å². The van der Waals surface area contributed by atoms with Gasteiger partial charge in [0.25, 0.3) is 11.5 Å². The van der Waals surface area contributed by atoms with Crippen molar-refractivity contribution >= 4 is 17.5 Å². The molecule has 1 atom stereocenters. The molecule has 0 aliphatic carbocycles. The Balaban J connectivity index is 1.75. The van der Waals surface area contributed by atoms with E-state index in [1.807, 2.05) is 48.5 Å². The Morgan fingerprint density at radius 2 is 1.71 bits per heavy atom. The summed E-state index contributed by atoms with van der Waals surface area (Å²) in [7, 11) is 0. The summed E-state index contributed by atoms with van der Waals surface area (Å²) in [4.78, 5) is 43.9. The molecule has 0 bridgehead atoms. The Morgan fingerprint density at radius 3 is 2.38 bits per heavy atom. The summed E-state index contributed by atoms with van der Waals surface area (Å²) in [5, 5.41) is 7.33. The summed E-state index contributed by atoms with van der Waals surface area (Å²) in [5.74, 6) is -0.669. The van der Waals surface area contributed by atoms with E-state index in [0.717, 1.165) is 20.5 Å². The van der Waals surface area contributed by atoms with Gasteiger partial charge >= 0.3 is 5.69 Å². The van der Waals surface area contributed by atoms with Gasteiger partial charge in [-0.05, 0) is 48.9 Å². The van der Waals surface area contributed by atoms with Crippen molar-refractivity contribution in [2.24, 2.45) is 0 Å². The summed E-state index contributed by atoms with van der Waals surface area (Å²) in [6.07, 6.45) is 2.16. The van der Waals surface area contributed by atoms with Gasteiger partial charge in [-0.2, -0.15) is 9.78 Å². The number of hydrogen-bond acceptors (Lipinski definition) is 5. The van der Waals surface area contributed by atoms with Gasteiger partial charge in [-0.1, -0.05) is 48.0 Å². The van der Waals surface area contributed by atoms with Crippen molar-refractivity contribution in [2.75, 3.05) is 6.54 Å². The fraction of sp³-hybridized carbons (Fsp3) is 0.160. The van der Waals surface area contributed by atoms with Crippen molar-refractivity contribution in [1.82, 2.24) is 24.6 Å². The predicted molar refractivity (Wildman–Crippen MR) is 130 cm³/mol. The quantitative estimate of drug-likeness (QED) is 0.443. The highest BCUT2D eigenvalue weighted by molar-refractivity contribution is 6.30. The number of amides is 1. The molecular formula is C25H22ClN5O3. The summed E-state index contributed by atoms with van der Waals surface area (Å²) in [6.45, 7) is 1.98. The number of halogens is 1. The monoisotopic (exact) mass is 475 g/mol. The molecule has 2 aromatic carbocycles. The van der Waals surface area contributed by atoms with Crippen LogP contribution in [0.5, 0.6) is 0 Å². The van der Waals surface area contributed by atoms with Crippen molar-refractivity contribution in [2.45, 2.75) is 19.4 Å². The Bertz CT molecular complexity index is 1400. The third-order valence-electron chi connectivity index (χ3n) is 5.36. The molecule has 1 N–H and O–H groups in total. The van der Waals surface area contributed by atoms with Crippen molar-refractivity contribution in [3.8, 4) is 5.69 Å². The summed E-state index contributed by atoms with van der Waals surface area (Å²) in [6, 6.07) is 20.4. The molecule has 0 saturated heterocycles. The van der Waals surface area contributed by atoms with Gasteiger partial charge in [0.15, 0.2) is 0 Å². The fourth-order valence-electron chi connectivity index (χ4n) is 3.54. The molecule has 0 saturated carbocycles. The molecule has 2 aromatic heterocycles. The molecule has 172 valence electrons. The molecule has 4 aromatic rings. The zero-order chi connectivity index (χ0) is 24.1. The Kier molecular flexibility index (Phi) is 6.98. The lowest BCUT2D eigenvalue weighted by Gasteiger charge is -2.17. The highest BCUT2D eigenvalue weighted by atomic mass is 35.5. The molecule has 2 heterocycles. The van der Waals surface area contributed by atoms with Crippen molar-refractivity contribution in [1.29, 1.82) is 0 Å². The maximum atomic E-state index is 13.4. The van der Waals surface area contributed by atoms with Gasteiger partial charge in [-0.15, -0.1) is 0 Å². The lowest BCUT2D eigenvalue weighted by molar-refractivity contribution is 0.0944. The molecule has 1 unspecified atom stereocenters. The van der Waals surface area contributed by atoms with Crippen LogP contribution in [0.1, 0.15) is 34.7 Å². The van der Waals surface area contributed by atoms with E-state index in [1.165, 1.54) is 0 Å². The molecule has 0 radical (unpaired) electrons. The lowest BCUT2D eigenvalue weighted by Crippen LogP contribution is -2.47. The van der Waals surface area contributed by atoms with Gasteiger partial charge in [-0.3, -0.25) is 14.6 Å². The van der Waals surface area contributed by atoms with Crippen LogP contribution in [0.2, 0.25) is 5.02 Å². The molecule has 0 aliphatic rings. The minimum Gasteiger partial charge on any atom is -0.350 e. The van der Waals surface area contributed by atoms with Crippen LogP contribution in [0.3, 0.4) is 0 Å². The van der Waals surface area contributed by atoms with Gasteiger partial charge in [-0.25, -0.2) is 9.36 Å². The van der Waals surface area contributed by atoms with Gasteiger partial charge in [0, 0.05) is 29.9 Å². The van der Waals surface area contributed by atoms with Crippen LogP contribution in [0.4, 0.5) is 0 Å². The smallest absolute Gasteiger partial charge is 0.350 e. The largest absolute Gasteiger partial charge is 0.352 e. The SMILES string of the molecule is CC(c1ccccc1)n1c(=O)c(C(=O)NCCc2ccccn2)nn(-c2ccc(Cl)cc2)c1=O. The second-order valence-electron chi connectivity index (χ2n) is 7.61. The maximum Gasteiger partial charge on any atom is 0.352 e. The fourth-order valence-corrected chi connectivity index (χ4v) is 3.66. The number of benzene rings is 2. The normalized spacial score (nSPS) is 11.7. The van der Waals surface area contributed by atoms with E-state index in [2.05, 4.69) is 15.4 Å². The Morgan fingerprint density at radius 1 is 1.00 bits per heavy atom. The molecule has 4 rings (SSSR count). The summed E-state index contributed by atoms with van der Waals surface area (Å²) >= 11 is 5.98. The minimum atomic E-state index is -0.762. The molecule has 0 aliphatic heterocycles. The van der Waals surface area contributed by atoms with E-state index < -0.39 is 23.2 Å². The van der Waals surface area contributed by atoms with Crippen molar-refractivity contribution in [3.63, 3.8) is 0 Å². The predicted octanol–water partition coefficient (Wildman–Crippen LogP) is 3.02. The molecular weight excluding hydrogens is 454 g/mol. The van der Waals surface area contributed by atoms with Crippen LogP contribution in [0.25, 0.3) is 5.69 Å². The Hall–Kier alpha value is -4.04. The number of pyridine rings is 1. The first-order chi connectivity index (χ1) is 16.5. The number of carbonyl (C=O) groups is 1. The third kappa shape index (κ3) is 4.97. The average molecular weight is 476 g/mol. The number of aromatic nitrogens is 4. The van der Waals surface area contributed by atoms with Crippen molar-refractivity contribution < 1.29 is 4.79 Å². The van der Waals surface area contributed by atoms with Crippen molar-refractivity contribution in [3.05, 3.63) is 122 Å². The van der Waals surface area contributed by atoms with Crippen LogP contribution < -0.4 is 16.6 Å². The van der Waals surface area contributed by atoms with E-state index in [-0.39, 0.29) is 12.2 Å². The molecule has 34 heavy (non-hydrogen) atoms. The van der Waals surface area contributed by atoms with Crippen LogP contribution in [0, 0.1) is 0 Å². The van der Waals surface area contributed by atoms with Gasteiger partial charge in [0.2, 0.25) is 5.69 Å². The van der Waals surface area contributed by atoms with Crippen LogP contribution in [-0.4, -0.2) is 31.8 Å². The molecule has 1 amide bonds. The number of nitrogens with zero attached hydrogens (tertiary/aromatic N) is 4. The van der Waals surface area contributed by atoms with Gasteiger partial charge in [0.05, 0.1) is 11.7 Å². The van der Waals surface area contributed by atoms with Gasteiger partial charge < -0.3 is 5.32 Å². The van der Waals surface area contributed by atoms with Crippen LogP contribution in [-0.2, 0) is 6.42 Å². The first-order valence-electron chi connectivity index (χ1n) is 10.7. The first kappa shape index (κ1) is 23.1. The minimum absolute atomic E-state index is 0.255. The highest BCUT2D eigenvalue weighted by Crippen LogP contribution is 2.15. The van der Waals surface area contributed by atoms with E-state index in [9.17, 15) is 14.4 Å². The van der Waals surface area contributed by atoms with Gasteiger partial charge in [0.1, 0.15) is 0 Å². The molecule has 0 fully saturated rings. The summed E-state index contributed by atoms with van der Waals surface area (Å²) < 4.78 is 2.09. The second-order valence-corrected chi connectivity index (χ2v) is 8.04. The molecule has 9 heteroatoms. The topological polar surface area (TPSA) is 98.9 Å². The molecule has 8 nitrogen and oxygen atoms in total.